The number of benzene rings is 1. The summed E-state index contributed by atoms with van der Waals surface area (Å²) in [6.07, 6.45) is 0. The SMILES string of the molecule is COC(C)(C)CNC(C)c1c(Cl)ccc(F)c1Cl. The summed E-state index contributed by atoms with van der Waals surface area (Å²) < 4.78 is 18.7. The minimum absolute atomic E-state index is 0.0673. The van der Waals surface area contributed by atoms with Gasteiger partial charge in [0.15, 0.2) is 0 Å². The number of hydrogen-bond donors (Lipinski definition) is 1. The molecule has 0 bridgehead atoms. The van der Waals surface area contributed by atoms with E-state index < -0.39 is 5.82 Å². The van der Waals surface area contributed by atoms with Crippen LogP contribution in [0.2, 0.25) is 10.0 Å². The van der Waals surface area contributed by atoms with Crippen LogP contribution in [0.15, 0.2) is 12.1 Å². The Morgan fingerprint density at radius 2 is 2.00 bits per heavy atom. The average Bonchev–Trinajstić information content (AvgIpc) is 2.32. The fraction of sp³-hybridized carbons (Fsp3) is 0.538. The van der Waals surface area contributed by atoms with Gasteiger partial charge in [0.2, 0.25) is 0 Å². The van der Waals surface area contributed by atoms with Crippen LogP contribution >= 0.6 is 23.2 Å². The molecular formula is C13H18Cl2FNO. The van der Waals surface area contributed by atoms with Crippen molar-refractivity contribution in [3.8, 4) is 0 Å². The summed E-state index contributed by atoms with van der Waals surface area (Å²) in [6, 6.07) is 2.62. The first-order valence-electron chi connectivity index (χ1n) is 5.70. The zero-order chi connectivity index (χ0) is 13.9. The Kier molecular flexibility index (Phi) is 5.41. The minimum atomic E-state index is -0.462. The van der Waals surface area contributed by atoms with Crippen molar-refractivity contribution >= 4 is 23.2 Å². The van der Waals surface area contributed by atoms with Gasteiger partial charge in [-0.2, -0.15) is 0 Å². The summed E-state index contributed by atoms with van der Waals surface area (Å²) in [6.45, 7) is 6.41. The summed E-state index contributed by atoms with van der Waals surface area (Å²) in [5.41, 5.74) is 0.269. The molecule has 0 aromatic heterocycles. The van der Waals surface area contributed by atoms with Crippen molar-refractivity contribution in [2.24, 2.45) is 0 Å². The molecule has 0 radical (unpaired) electrons. The van der Waals surface area contributed by atoms with Gasteiger partial charge in [-0.1, -0.05) is 23.2 Å². The molecule has 1 aromatic rings. The molecule has 0 fully saturated rings. The highest BCUT2D eigenvalue weighted by Crippen LogP contribution is 2.32. The van der Waals surface area contributed by atoms with Gasteiger partial charge in [0, 0.05) is 30.3 Å². The molecule has 0 spiro atoms. The molecule has 0 amide bonds. The quantitative estimate of drug-likeness (QED) is 0.821. The van der Waals surface area contributed by atoms with Crippen LogP contribution in [-0.2, 0) is 4.74 Å². The first-order chi connectivity index (χ1) is 8.28. The molecular weight excluding hydrogens is 276 g/mol. The number of rotatable bonds is 5. The van der Waals surface area contributed by atoms with Crippen LogP contribution in [-0.4, -0.2) is 19.3 Å². The highest BCUT2D eigenvalue weighted by molar-refractivity contribution is 6.36. The normalized spacial score (nSPS) is 13.7. The van der Waals surface area contributed by atoms with Gasteiger partial charge < -0.3 is 10.1 Å². The van der Waals surface area contributed by atoms with Crippen molar-refractivity contribution in [2.45, 2.75) is 32.4 Å². The lowest BCUT2D eigenvalue weighted by molar-refractivity contribution is 0.0214. The Morgan fingerprint density at radius 3 is 2.56 bits per heavy atom. The van der Waals surface area contributed by atoms with Crippen LogP contribution in [0.3, 0.4) is 0 Å². The zero-order valence-electron chi connectivity index (χ0n) is 11.0. The van der Waals surface area contributed by atoms with Crippen molar-refractivity contribution in [3.63, 3.8) is 0 Å². The maximum atomic E-state index is 13.4. The van der Waals surface area contributed by atoms with E-state index in [2.05, 4.69) is 5.32 Å². The highest BCUT2D eigenvalue weighted by Gasteiger charge is 2.21. The third-order valence-corrected chi connectivity index (χ3v) is 3.61. The number of nitrogens with one attached hydrogen (secondary N) is 1. The number of hydrogen-bond acceptors (Lipinski definition) is 2. The standard InChI is InChI=1S/C13H18Cl2FNO/c1-8(17-7-13(2,3)18-4)11-9(14)5-6-10(16)12(11)15/h5-6,8,17H,7H2,1-4H3. The van der Waals surface area contributed by atoms with Crippen molar-refractivity contribution in [2.75, 3.05) is 13.7 Å². The zero-order valence-corrected chi connectivity index (χ0v) is 12.5. The summed E-state index contributed by atoms with van der Waals surface area (Å²) in [4.78, 5) is 0. The maximum absolute atomic E-state index is 13.4. The average molecular weight is 294 g/mol. The lowest BCUT2D eigenvalue weighted by atomic mass is 10.1. The Hall–Kier alpha value is -0.350. The molecule has 1 atom stereocenters. The van der Waals surface area contributed by atoms with Crippen LogP contribution in [0.4, 0.5) is 4.39 Å². The van der Waals surface area contributed by atoms with Crippen LogP contribution in [0, 0.1) is 5.82 Å². The van der Waals surface area contributed by atoms with E-state index >= 15 is 0 Å². The van der Waals surface area contributed by atoms with E-state index in [-0.39, 0.29) is 16.7 Å². The highest BCUT2D eigenvalue weighted by atomic mass is 35.5. The van der Waals surface area contributed by atoms with Gasteiger partial charge in [-0.05, 0) is 32.9 Å². The van der Waals surface area contributed by atoms with Gasteiger partial charge in [-0.15, -0.1) is 0 Å². The molecule has 102 valence electrons. The number of methoxy groups -OCH3 is 1. The molecule has 1 aromatic carbocycles. The molecule has 0 aliphatic rings. The monoisotopic (exact) mass is 293 g/mol. The van der Waals surface area contributed by atoms with Crippen molar-refractivity contribution in [1.29, 1.82) is 0 Å². The molecule has 0 saturated carbocycles. The van der Waals surface area contributed by atoms with Crippen molar-refractivity contribution in [3.05, 3.63) is 33.6 Å². The lowest BCUT2D eigenvalue weighted by Crippen LogP contribution is -2.38. The Bertz CT molecular complexity index is 424. The van der Waals surface area contributed by atoms with Crippen LogP contribution in [0.1, 0.15) is 32.4 Å². The van der Waals surface area contributed by atoms with Crippen LogP contribution < -0.4 is 5.32 Å². The van der Waals surface area contributed by atoms with E-state index in [1.165, 1.54) is 12.1 Å². The van der Waals surface area contributed by atoms with Gasteiger partial charge in [0.1, 0.15) is 5.82 Å². The summed E-state index contributed by atoms with van der Waals surface area (Å²) >= 11 is 12.0. The van der Waals surface area contributed by atoms with Crippen LogP contribution in [0.25, 0.3) is 0 Å². The molecule has 18 heavy (non-hydrogen) atoms. The van der Waals surface area contributed by atoms with Gasteiger partial charge >= 0.3 is 0 Å². The molecule has 1 N–H and O–H groups in total. The second kappa shape index (κ2) is 6.20. The van der Waals surface area contributed by atoms with E-state index in [4.69, 9.17) is 27.9 Å². The van der Waals surface area contributed by atoms with E-state index in [1.54, 1.807) is 7.11 Å². The van der Waals surface area contributed by atoms with Gasteiger partial charge in [-0.3, -0.25) is 0 Å². The Morgan fingerprint density at radius 1 is 1.39 bits per heavy atom. The largest absolute Gasteiger partial charge is 0.377 e. The topological polar surface area (TPSA) is 21.3 Å². The van der Waals surface area contributed by atoms with E-state index in [1.807, 2.05) is 20.8 Å². The Balaban J connectivity index is 2.85. The van der Waals surface area contributed by atoms with E-state index in [0.29, 0.717) is 17.1 Å². The molecule has 1 unspecified atom stereocenters. The van der Waals surface area contributed by atoms with Crippen LogP contribution in [0.5, 0.6) is 0 Å². The van der Waals surface area contributed by atoms with Gasteiger partial charge in [0.05, 0.1) is 10.6 Å². The summed E-state index contributed by atoms with van der Waals surface area (Å²) in [5, 5.41) is 3.76. The number of ether oxygens (including phenoxy) is 1. The molecule has 2 nitrogen and oxygen atoms in total. The lowest BCUT2D eigenvalue weighted by Gasteiger charge is -2.26. The predicted molar refractivity (Wildman–Crippen MR) is 73.9 cm³/mol. The number of halogens is 3. The molecule has 0 saturated heterocycles. The third-order valence-electron chi connectivity index (χ3n) is 2.90. The fourth-order valence-corrected chi connectivity index (χ4v) is 2.21. The fourth-order valence-electron chi connectivity index (χ4n) is 1.51. The van der Waals surface area contributed by atoms with Crippen molar-refractivity contribution < 1.29 is 9.13 Å². The van der Waals surface area contributed by atoms with E-state index in [0.717, 1.165) is 0 Å². The second-order valence-electron chi connectivity index (χ2n) is 4.82. The first kappa shape index (κ1) is 15.7. The molecule has 0 heterocycles. The molecule has 0 aliphatic carbocycles. The molecule has 5 heteroatoms. The predicted octanol–water partition coefficient (Wildman–Crippen LogP) is 4.21. The summed E-state index contributed by atoms with van der Waals surface area (Å²) in [7, 11) is 1.65. The molecule has 1 rings (SSSR count). The van der Waals surface area contributed by atoms with Gasteiger partial charge in [-0.25, -0.2) is 4.39 Å². The van der Waals surface area contributed by atoms with Crippen molar-refractivity contribution in [1.82, 2.24) is 5.32 Å². The molecule has 0 aliphatic heterocycles. The summed E-state index contributed by atoms with van der Waals surface area (Å²) in [5.74, 6) is -0.462. The van der Waals surface area contributed by atoms with Gasteiger partial charge in [0.25, 0.3) is 0 Å². The van der Waals surface area contributed by atoms with E-state index in [9.17, 15) is 4.39 Å². The Labute approximate surface area is 117 Å². The maximum Gasteiger partial charge on any atom is 0.142 e. The minimum Gasteiger partial charge on any atom is -0.377 e. The second-order valence-corrected chi connectivity index (χ2v) is 5.61. The smallest absolute Gasteiger partial charge is 0.142 e. The first-order valence-corrected chi connectivity index (χ1v) is 6.46. The third kappa shape index (κ3) is 3.82.